The predicted molar refractivity (Wildman–Crippen MR) is 72.3 cm³/mol. The number of halogens is 3. The van der Waals surface area contributed by atoms with Gasteiger partial charge in [-0.3, -0.25) is 10.1 Å². The molecule has 0 spiro atoms. The van der Waals surface area contributed by atoms with E-state index >= 15 is 0 Å². The van der Waals surface area contributed by atoms with Crippen LogP contribution in [0.3, 0.4) is 0 Å². The lowest BCUT2D eigenvalue weighted by Crippen LogP contribution is -2.04. The highest BCUT2D eigenvalue weighted by molar-refractivity contribution is 9.10. The maximum Gasteiger partial charge on any atom is 0.305 e. The number of pyridine rings is 1. The van der Waals surface area contributed by atoms with E-state index in [1.807, 2.05) is 0 Å². The first-order valence-corrected chi connectivity index (χ1v) is 6.24. The molecule has 0 atom stereocenters. The van der Waals surface area contributed by atoms with Gasteiger partial charge in [0, 0.05) is 24.2 Å². The molecule has 0 aliphatic heterocycles. The van der Waals surface area contributed by atoms with Gasteiger partial charge in [0.2, 0.25) is 5.82 Å². The molecule has 2 rings (SSSR count). The van der Waals surface area contributed by atoms with Crippen molar-refractivity contribution in [2.45, 2.75) is 6.54 Å². The van der Waals surface area contributed by atoms with E-state index in [2.05, 4.69) is 26.2 Å². The Balaban J connectivity index is 2.18. The second-order valence-electron chi connectivity index (χ2n) is 3.88. The van der Waals surface area contributed by atoms with Crippen LogP contribution in [-0.2, 0) is 6.54 Å². The predicted octanol–water partition coefficient (Wildman–Crippen LogP) is 3.64. The number of benzene rings is 1. The molecule has 0 bridgehead atoms. The molecule has 0 aliphatic rings. The Bertz CT molecular complexity index is 650. The molecule has 0 saturated carbocycles. The van der Waals surface area contributed by atoms with E-state index in [1.165, 1.54) is 6.20 Å². The van der Waals surface area contributed by atoms with Crippen molar-refractivity contribution >= 4 is 27.3 Å². The Labute approximate surface area is 120 Å². The summed E-state index contributed by atoms with van der Waals surface area (Å²) in [7, 11) is 0. The largest absolute Gasteiger partial charge is 0.380 e. The van der Waals surface area contributed by atoms with Crippen molar-refractivity contribution in [3.63, 3.8) is 0 Å². The first-order chi connectivity index (χ1) is 9.47. The van der Waals surface area contributed by atoms with Crippen molar-refractivity contribution in [1.82, 2.24) is 4.98 Å². The van der Waals surface area contributed by atoms with Crippen molar-refractivity contribution in [1.29, 1.82) is 0 Å². The van der Waals surface area contributed by atoms with Crippen molar-refractivity contribution < 1.29 is 13.7 Å². The first-order valence-electron chi connectivity index (χ1n) is 5.45. The third kappa shape index (κ3) is 3.27. The molecule has 1 heterocycles. The standard InChI is InChI=1S/C12H8BrF2N3O2/c13-12-2-1-8(6-17-12)16-5-7-3-11(18(19)20)10(15)4-9(7)14/h1-4,6,16H,5H2. The lowest BCUT2D eigenvalue weighted by atomic mass is 10.1. The Morgan fingerprint density at radius 3 is 2.65 bits per heavy atom. The maximum atomic E-state index is 13.5. The average molecular weight is 344 g/mol. The molecule has 0 unspecified atom stereocenters. The minimum Gasteiger partial charge on any atom is -0.380 e. The van der Waals surface area contributed by atoms with Crippen molar-refractivity contribution in [3.05, 3.63) is 62.4 Å². The van der Waals surface area contributed by atoms with Crippen molar-refractivity contribution in [3.8, 4) is 0 Å². The summed E-state index contributed by atoms with van der Waals surface area (Å²) in [4.78, 5) is 13.7. The van der Waals surface area contributed by atoms with Gasteiger partial charge in [0.25, 0.3) is 0 Å². The van der Waals surface area contributed by atoms with Crippen LogP contribution in [0.15, 0.2) is 35.1 Å². The van der Waals surface area contributed by atoms with E-state index in [1.54, 1.807) is 12.1 Å². The van der Waals surface area contributed by atoms with Crippen LogP contribution in [0.5, 0.6) is 0 Å². The Kier molecular flexibility index (Phi) is 4.23. The summed E-state index contributed by atoms with van der Waals surface area (Å²) in [5, 5.41) is 13.5. The highest BCUT2D eigenvalue weighted by Crippen LogP contribution is 2.22. The zero-order chi connectivity index (χ0) is 14.7. The summed E-state index contributed by atoms with van der Waals surface area (Å²) < 4.78 is 27.4. The van der Waals surface area contributed by atoms with Gasteiger partial charge in [-0.05, 0) is 28.1 Å². The van der Waals surface area contributed by atoms with Gasteiger partial charge in [-0.2, -0.15) is 4.39 Å². The molecule has 1 N–H and O–H groups in total. The molecule has 8 heteroatoms. The molecular weight excluding hydrogens is 336 g/mol. The number of nitrogens with zero attached hydrogens (tertiary/aromatic N) is 2. The summed E-state index contributed by atoms with van der Waals surface area (Å²) >= 11 is 3.17. The molecule has 1 aromatic carbocycles. The molecule has 0 radical (unpaired) electrons. The minimum absolute atomic E-state index is 0.000943. The van der Waals surface area contributed by atoms with Gasteiger partial charge in [0.1, 0.15) is 10.4 Å². The fourth-order valence-electron chi connectivity index (χ4n) is 1.53. The highest BCUT2D eigenvalue weighted by Gasteiger charge is 2.18. The number of rotatable bonds is 4. The smallest absolute Gasteiger partial charge is 0.305 e. The van der Waals surface area contributed by atoms with E-state index in [-0.39, 0.29) is 12.1 Å². The fraction of sp³-hybridized carbons (Fsp3) is 0.0833. The third-order valence-electron chi connectivity index (χ3n) is 2.52. The molecule has 0 saturated heterocycles. The molecule has 0 fully saturated rings. The molecule has 104 valence electrons. The van der Waals surface area contributed by atoms with Crippen LogP contribution in [0.4, 0.5) is 20.2 Å². The summed E-state index contributed by atoms with van der Waals surface area (Å²) in [5.41, 5.74) is -0.141. The van der Waals surface area contributed by atoms with Gasteiger partial charge >= 0.3 is 5.69 Å². The topological polar surface area (TPSA) is 68.1 Å². The van der Waals surface area contributed by atoms with E-state index in [9.17, 15) is 18.9 Å². The number of hydrogen-bond donors (Lipinski definition) is 1. The van der Waals surface area contributed by atoms with E-state index < -0.39 is 22.2 Å². The Morgan fingerprint density at radius 1 is 1.30 bits per heavy atom. The normalized spacial score (nSPS) is 10.3. The second kappa shape index (κ2) is 5.91. The lowest BCUT2D eigenvalue weighted by Gasteiger charge is -2.07. The van der Waals surface area contributed by atoms with E-state index in [0.29, 0.717) is 16.4 Å². The van der Waals surface area contributed by atoms with Crippen molar-refractivity contribution in [2.24, 2.45) is 0 Å². The highest BCUT2D eigenvalue weighted by atomic mass is 79.9. The van der Waals surface area contributed by atoms with Crippen LogP contribution < -0.4 is 5.32 Å². The average Bonchev–Trinajstić information content (AvgIpc) is 2.39. The van der Waals surface area contributed by atoms with E-state index in [0.717, 1.165) is 6.07 Å². The molecule has 5 nitrogen and oxygen atoms in total. The van der Waals surface area contributed by atoms with Crippen LogP contribution in [0.2, 0.25) is 0 Å². The second-order valence-corrected chi connectivity index (χ2v) is 4.69. The zero-order valence-electron chi connectivity index (χ0n) is 9.94. The number of nitro benzene ring substituents is 1. The van der Waals surface area contributed by atoms with Crippen LogP contribution in [0, 0.1) is 21.7 Å². The van der Waals surface area contributed by atoms with Crippen LogP contribution in [-0.4, -0.2) is 9.91 Å². The molecular formula is C12H8BrF2N3O2. The zero-order valence-corrected chi connectivity index (χ0v) is 11.5. The first kappa shape index (κ1) is 14.3. The van der Waals surface area contributed by atoms with Gasteiger partial charge in [0.05, 0.1) is 16.8 Å². The van der Waals surface area contributed by atoms with Crippen LogP contribution in [0.1, 0.15) is 5.56 Å². The van der Waals surface area contributed by atoms with E-state index in [4.69, 9.17) is 0 Å². The Hall–Kier alpha value is -2.09. The number of anilines is 1. The lowest BCUT2D eigenvalue weighted by molar-refractivity contribution is -0.387. The van der Waals surface area contributed by atoms with Gasteiger partial charge in [-0.1, -0.05) is 0 Å². The van der Waals surface area contributed by atoms with Crippen LogP contribution in [0.25, 0.3) is 0 Å². The monoisotopic (exact) mass is 343 g/mol. The number of aromatic nitrogens is 1. The van der Waals surface area contributed by atoms with Gasteiger partial charge in [-0.15, -0.1) is 0 Å². The third-order valence-corrected chi connectivity index (χ3v) is 2.99. The number of nitro groups is 1. The molecule has 20 heavy (non-hydrogen) atoms. The molecule has 2 aromatic rings. The summed E-state index contributed by atoms with van der Waals surface area (Å²) in [5.74, 6) is -2.03. The quantitative estimate of drug-likeness (QED) is 0.522. The van der Waals surface area contributed by atoms with Crippen LogP contribution >= 0.6 is 15.9 Å². The SMILES string of the molecule is O=[N+]([O-])c1cc(CNc2ccc(Br)nc2)c(F)cc1F. The molecule has 1 aromatic heterocycles. The fourth-order valence-corrected chi connectivity index (χ4v) is 1.77. The van der Waals surface area contributed by atoms with Gasteiger partial charge < -0.3 is 5.32 Å². The number of hydrogen-bond acceptors (Lipinski definition) is 4. The summed E-state index contributed by atoms with van der Waals surface area (Å²) in [6.45, 7) is -0.0176. The minimum atomic E-state index is -1.19. The molecule has 0 aliphatic carbocycles. The van der Waals surface area contributed by atoms with Crippen molar-refractivity contribution in [2.75, 3.05) is 5.32 Å². The van der Waals surface area contributed by atoms with Gasteiger partial charge in [0.15, 0.2) is 0 Å². The maximum absolute atomic E-state index is 13.5. The van der Waals surface area contributed by atoms with Gasteiger partial charge in [-0.25, -0.2) is 9.37 Å². The summed E-state index contributed by atoms with van der Waals surface area (Å²) in [6, 6.07) is 4.78. The Morgan fingerprint density at radius 2 is 2.05 bits per heavy atom. The molecule has 0 amide bonds. The summed E-state index contributed by atoms with van der Waals surface area (Å²) in [6.07, 6.45) is 1.51. The number of nitrogens with one attached hydrogen (secondary N) is 1.